The summed E-state index contributed by atoms with van der Waals surface area (Å²) >= 11 is 0. The highest BCUT2D eigenvalue weighted by Crippen LogP contribution is 2.23. The zero-order valence-corrected chi connectivity index (χ0v) is 11.0. The third-order valence-corrected chi connectivity index (χ3v) is 2.81. The fraction of sp³-hybridized carbons (Fsp3) is 0.385. The maximum absolute atomic E-state index is 6.03. The van der Waals surface area contributed by atoms with E-state index in [4.69, 9.17) is 10.5 Å². The van der Waals surface area contributed by atoms with Crippen molar-refractivity contribution in [1.82, 2.24) is 14.8 Å². The molecule has 0 spiro atoms. The lowest BCUT2D eigenvalue weighted by Crippen LogP contribution is -2.05. The molecule has 1 heterocycles. The van der Waals surface area contributed by atoms with E-state index in [0.29, 0.717) is 5.69 Å². The van der Waals surface area contributed by atoms with E-state index in [-0.39, 0.29) is 0 Å². The number of benzene rings is 1. The van der Waals surface area contributed by atoms with Crippen LogP contribution >= 0.6 is 0 Å². The van der Waals surface area contributed by atoms with Crippen LogP contribution in [-0.4, -0.2) is 21.9 Å². The molecule has 0 aliphatic heterocycles. The van der Waals surface area contributed by atoms with E-state index < -0.39 is 0 Å². The topological polar surface area (TPSA) is 66.0 Å². The number of hydrogen-bond donors (Lipinski definition) is 1. The average molecular weight is 246 g/mol. The Morgan fingerprint density at radius 1 is 1.28 bits per heavy atom. The molecule has 96 valence electrons. The van der Waals surface area contributed by atoms with Gasteiger partial charge in [-0.3, -0.25) is 0 Å². The van der Waals surface area contributed by atoms with Gasteiger partial charge in [-0.2, -0.15) is 5.10 Å². The number of methoxy groups -OCH3 is 1. The molecule has 18 heavy (non-hydrogen) atoms. The Balaban J connectivity index is 2.50. The normalized spacial score (nSPS) is 10.6. The number of aromatic nitrogens is 3. The number of aryl methyl sites for hydroxylation is 2. The maximum Gasteiger partial charge on any atom is 0.151 e. The molecule has 0 radical (unpaired) electrons. The van der Waals surface area contributed by atoms with Gasteiger partial charge in [0.2, 0.25) is 0 Å². The first-order chi connectivity index (χ1) is 8.69. The van der Waals surface area contributed by atoms with Gasteiger partial charge < -0.3 is 10.5 Å². The number of anilines is 1. The van der Waals surface area contributed by atoms with Crippen molar-refractivity contribution in [2.75, 3.05) is 12.8 Å². The molecule has 0 saturated heterocycles. The van der Waals surface area contributed by atoms with Gasteiger partial charge in [0, 0.05) is 18.9 Å². The lowest BCUT2D eigenvalue weighted by atomic mass is 10.2. The Bertz CT molecular complexity index is 548. The van der Waals surface area contributed by atoms with Crippen LogP contribution in [0.25, 0.3) is 5.69 Å². The molecular formula is C13H18N4O. The van der Waals surface area contributed by atoms with Crippen LogP contribution in [0.15, 0.2) is 18.2 Å². The summed E-state index contributed by atoms with van der Waals surface area (Å²) in [6.07, 6.45) is 1.63. The Morgan fingerprint density at radius 2 is 2.06 bits per heavy atom. The smallest absolute Gasteiger partial charge is 0.151 e. The SMILES string of the molecule is CCc1nc(CC)n(-c2ccc(OC)cc2N)n1. The van der Waals surface area contributed by atoms with E-state index in [9.17, 15) is 0 Å². The van der Waals surface area contributed by atoms with Crippen molar-refractivity contribution >= 4 is 5.69 Å². The number of nitrogens with two attached hydrogens (primary N) is 1. The zero-order chi connectivity index (χ0) is 13.1. The van der Waals surface area contributed by atoms with E-state index in [1.54, 1.807) is 13.2 Å². The first-order valence-corrected chi connectivity index (χ1v) is 6.08. The molecule has 0 amide bonds. The molecule has 5 heteroatoms. The van der Waals surface area contributed by atoms with Crippen molar-refractivity contribution in [3.05, 3.63) is 29.8 Å². The fourth-order valence-electron chi connectivity index (χ4n) is 1.82. The molecule has 2 aromatic rings. The minimum absolute atomic E-state index is 0.636. The fourth-order valence-corrected chi connectivity index (χ4v) is 1.82. The van der Waals surface area contributed by atoms with Crippen LogP contribution < -0.4 is 10.5 Å². The summed E-state index contributed by atoms with van der Waals surface area (Å²) in [5.74, 6) is 2.50. The van der Waals surface area contributed by atoms with Crippen LogP contribution in [0.5, 0.6) is 5.75 Å². The summed E-state index contributed by atoms with van der Waals surface area (Å²) in [7, 11) is 1.62. The number of ether oxygens (including phenoxy) is 1. The number of nitrogens with zero attached hydrogens (tertiary/aromatic N) is 3. The van der Waals surface area contributed by atoms with Crippen molar-refractivity contribution < 1.29 is 4.74 Å². The van der Waals surface area contributed by atoms with Gasteiger partial charge in [0.25, 0.3) is 0 Å². The lowest BCUT2D eigenvalue weighted by Gasteiger charge is -2.09. The molecule has 2 N–H and O–H groups in total. The minimum atomic E-state index is 0.636. The highest BCUT2D eigenvalue weighted by atomic mass is 16.5. The first-order valence-electron chi connectivity index (χ1n) is 6.08. The highest BCUT2D eigenvalue weighted by molar-refractivity contribution is 5.60. The van der Waals surface area contributed by atoms with E-state index >= 15 is 0 Å². The second-order valence-electron chi connectivity index (χ2n) is 3.99. The monoisotopic (exact) mass is 246 g/mol. The molecule has 0 aliphatic rings. The summed E-state index contributed by atoms with van der Waals surface area (Å²) in [4.78, 5) is 4.47. The summed E-state index contributed by atoms with van der Waals surface area (Å²) in [5, 5.41) is 4.47. The molecular weight excluding hydrogens is 228 g/mol. The Kier molecular flexibility index (Phi) is 3.50. The Morgan fingerprint density at radius 3 is 2.61 bits per heavy atom. The van der Waals surface area contributed by atoms with Gasteiger partial charge in [-0.05, 0) is 12.1 Å². The highest BCUT2D eigenvalue weighted by Gasteiger charge is 2.11. The third-order valence-electron chi connectivity index (χ3n) is 2.81. The van der Waals surface area contributed by atoms with E-state index in [2.05, 4.69) is 17.0 Å². The van der Waals surface area contributed by atoms with Crippen molar-refractivity contribution in [2.45, 2.75) is 26.7 Å². The van der Waals surface area contributed by atoms with E-state index in [1.165, 1.54) is 0 Å². The van der Waals surface area contributed by atoms with Crippen molar-refractivity contribution in [1.29, 1.82) is 0 Å². The van der Waals surface area contributed by atoms with Crippen LogP contribution in [0.3, 0.4) is 0 Å². The van der Waals surface area contributed by atoms with Crippen LogP contribution in [0.1, 0.15) is 25.5 Å². The lowest BCUT2D eigenvalue weighted by molar-refractivity contribution is 0.415. The number of nitrogen functional groups attached to an aromatic ring is 1. The minimum Gasteiger partial charge on any atom is -0.497 e. The maximum atomic E-state index is 6.03. The summed E-state index contributed by atoms with van der Waals surface area (Å²) in [6.45, 7) is 4.09. The standard InChI is InChI=1S/C13H18N4O/c1-4-12-15-13(5-2)17(16-12)11-7-6-9(18-3)8-10(11)14/h6-8H,4-5,14H2,1-3H3. The van der Waals surface area contributed by atoms with Crippen molar-refractivity contribution in [3.8, 4) is 11.4 Å². The summed E-state index contributed by atoms with van der Waals surface area (Å²) < 4.78 is 6.96. The van der Waals surface area contributed by atoms with Crippen LogP contribution in [-0.2, 0) is 12.8 Å². The summed E-state index contributed by atoms with van der Waals surface area (Å²) in [6, 6.07) is 5.57. The number of hydrogen-bond acceptors (Lipinski definition) is 4. The Hall–Kier alpha value is -2.04. The molecule has 1 aromatic carbocycles. The molecule has 0 unspecified atom stereocenters. The van der Waals surface area contributed by atoms with Gasteiger partial charge >= 0.3 is 0 Å². The second-order valence-corrected chi connectivity index (χ2v) is 3.99. The molecule has 2 rings (SSSR count). The molecule has 0 aliphatic carbocycles. The van der Waals surface area contributed by atoms with Gasteiger partial charge in [-0.1, -0.05) is 13.8 Å². The van der Waals surface area contributed by atoms with Gasteiger partial charge in [-0.25, -0.2) is 9.67 Å². The largest absolute Gasteiger partial charge is 0.497 e. The molecule has 1 aromatic heterocycles. The predicted octanol–water partition coefficient (Wildman–Crippen LogP) is 1.98. The molecule has 0 fully saturated rings. The quantitative estimate of drug-likeness (QED) is 0.838. The van der Waals surface area contributed by atoms with Crippen LogP contribution in [0.4, 0.5) is 5.69 Å². The zero-order valence-electron chi connectivity index (χ0n) is 11.0. The van der Waals surface area contributed by atoms with E-state index in [0.717, 1.165) is 35.9 Å². The van der Waals surface area contributed by atoms with Gasteiger partial charge in [0.1, 0.15) is 11.6 Å². The van der Waals surface area contributed by atoms with Crippen LogP contribution in [0.2, 0.25) is 0 Å². The van der Waals surface area contributed by atoms with E-state index in [1.807, 2.05) is 23.7 Å². The number of rotatable bonds is 4. The van der Waals surface area contributed by atoms with Gasteiger partial charge in [-0.15, -0.1) is 0 Å². The second kappa shape index (κ2) is 5.08. The first kappa shape index (κ1) is 12.4. The molecule has 0 atom stereocenters. The third kappa shape index (κ3) is 2.16. The van der Waals surface area contributed by atoms with Crippen LogP contribution in [0, 0.1) is 0 Å². The summed E-state index contributed by atoms with van der Waals surface area (Å²) in [5.41, 5.74) is 7.52. The molecule has 0 saturated carbocycles. The Labute approximate surface area is 107 Å². The average Bonchev–Trinajstić information content (AvgIpc) is 2.81. The van der Waals surface area contributed by atoms with Gasteiger partial charge in [0.05, 0.1) is 18.5 Å². The van der Waals surface area contributed by atoms with Crippen molar-refractivity contribution in [3.63, 3.8) is 0 Å². The molecule has 5 nitrogen and oxygen atoms in total. The molecule has 0 bridgehead atoms. The van der Waals surface area contributed by atoms with Crippen molar-refractivity contribution in [2.24, 2.45) is 0 Å². The van der Waals surface area contributed by atoms with Gasteiger partial charge in [0.15, 0.2) is 5.82 Å². The predicted molar refractivity (Wildman–Crippen MR) is 71.1 cm³/mol.